The third-order valence-electron chi connectivity index (χ3n) is 4.48. The van der Waals surface area contributed by atoms with Gasteiger partial charge in [0.25, 0.3) is 5.91 Å². The van der Waals surface area contributed by atoms with Crippen LogP contribution in [-0.2, 0) is 14.6 Å². The maximum absolute atomic E-state index is 12.6. The van der Waals surface area contributed by atoms with E-state index in [-0.39, 0.29) is 23.1 Å². The van der Waals surface area contributed by atoms with Crippen molar-refractivity contribution >= 4 is 16.3 Å². The molecule has 1 saturated heterocycles. The second-order valence-electron chi connectivity index (χ2n) is 6.14. The molecule has 0 bridgehead atoms. The van der Waals surface area contributed by atoms with Crippen LogP contribution in [0.5, 0.6) is 5.75 Å². The Morgan fingerprint density at radius 1 is 1.28 bits per heavy atom. The maximum Gasteiger partial charge on any atom is 0.254 e. The van der Waals surface area contributed by atoms with Crippen LogP contribution in [0.2, 0.25) is 0 Å². The van der Waals surface area contributed by atoms with Crippen molar-refractivity contribution in [1.82, 2.24) is 19.6 Å². The summed E-state index contributed by atoms with van der Waals surface area (Å²) in [7, 11) is -3.68. The quantitative estimate of drug-likeness (QED) is 0.748. The number of hydrogen-bond donors (Lipinski definition) is 1. The summed E-state index contributed by atoms with van der Waals surface area (Å²) in [4.78, 5) is 22.1. The van der Waals surface area contributed by atoms with E-state index in [2.05, 4.69) is 14.7 Å². The van der Waals surface area contributed by atoms with Crippen LogP contribution in [0.4, 0.5) is 0 Å². The average molecular weight is 360 g/mol. The summed E-state index contributed by atoms with van der Waals surface area (Å²) in [5.74, 6) is 0.142. The lowest BCUT2D eigenvalue weighted by Gasteiger charge is -2.27. The number of nitrogens with one attached hydrogen (secondary N) is 1. The normalized spacial score (nSPS) is 28.3. The smallest absolute Gasteiger partial charge is 0.254 e. The lowest BCUT2D eigenvalue weighted by atomic mass is 10.0. The number of ether oxygens (including phenoxy) is 1. The van der Waals surface area contributed by atoms with E-state index in [9.17, 15) is 13.6 Å². The molecule has 1 N–H and O–H groups in total. The largest absolute Gasteiger partial charge is 0.593 e. The highest BCUT2D eigenvalue weighted by atomic mass is 32.3. The molecule has 0 radical (unpaired) electrons. The van der Waals surface area contributed by atoms with Gasteiger partial charge in [-0.15, -0.1) is 4.72 Å². The van der Waals surface area contributed by atoms with E-state index in [4.69, 9.17) is 4.74 Å². The van der Waals surface area contributed by atoms with E-state index in [0.29, 0.717) is 25.1 Å². The minimum atomic E-state index is -3.68. The van der Waals surface area contributed by atoms with Crippen LogP contribution >= 0.6 is 0 Å². The molecule has 2 unspecified atom stereocenters. The fourth-order valence-electron chi connectivity index (χ4n) is 3.15. The number of pyridine rings is 2. The molecule has 4 rings (SSSR count). The van der Waals surface area contributed by atoms with Gasteiger partial charge in [0.1, 0.15) is 5.60 Å². The zero-order valence-corrected chi connectivity index (χ0v) is 14.1. The minimum absolute atomic E-state index is 0.0192. The number of carbonyl (C=O) groups is 1. The van der Waals surface area contributed by atoms with Gasteiger partial charge < -0.3 is 14.2 Å². The molecule has 0 aromatic carbocycles. The van der Waals surface area contributed by atoms with Gasteiger partial charge in [0.15, 0.2) is 16.1 Å². The van der Waals surface area contributed by atoms with Gasteiger partial charge in [-0.1, -0.05) is 4.21 Å². The zero-order valence-electron chi connectivity index (χ0n) is 13.3. The van der Waals surface area contributed by atoms with Crippen molar-refractivity contribution in [3.63, 3.8) is 0 Å². The molecule has 4 heterocycles. The number of rotatable bonds is 1. The highest BCUT2D eigenvalue weighted by Crippen LogP contribution is 2.36. The number of hydrogen-bond acceptors (Lipinski definition) is 6. The predicted octanol–water partition coefficient (Wildman–Crippen LogP) is 0.647. The van der Waals surface area contributed by atoms with E-state index in [1.165, 1.54) is 18.5 Å². The second kappa shape index (κ2) is 5.87. The van der Waals surface area contributed by atoms with Crippen LogP contribution in [0.3, 0.4) is 0 Å². The van der Waals surface area contributed by atoms with Crippen LogP contribution in [0.25, 0.3) is 0 Å². The Kier molecular flexibility index (Phi) is 3.78. The van der Waals surface area contributed by atoms with E-state index in [0.717, 1.165) is 0 Å². The first-order valence-electron chi connectivity index (χ1n) is 7.81. The number of fused-ring (bicyclic) bond motifs is 1. The highest BCUT2D eigenvalue weighted by molar-refractivity contribution is 7.95. The standard InChI is InChI=1S/C16H16N4O4S/c21-15(12-1-5-17-6-2-12)20-8-4-16(11-20)10-19-25(22,23)14-9-18-7-3-13(14)24-16/h1-3,5-7,9H,4,8,10-11H2,(H-,19,22,23). The number of sulfonamides is 1. The predicted molar refractivity (Wildman–Crippen MR) is 87.5 cm³/mol. The van der Waals surface area contributed by atoms with Gasteiger partial charge in [-0.2, -0.15) is 0 Å². The molecule has 2 aromatic heterocycles. The Bertz CT molecular complexity index is 862. The van der Waals surface area contributed by atoms with Crippen molar-refractivity contribution in [1.29, 1.82) is 0 Å². The molecule has 1 spiro atoms. The van der Waals surface area contributed by atoms with Crippen LogP contribution < -0.4 is 9.46 Å². The van der Waals surface area contributed by atoms with Crippen LogP contribution in [0.1, 0.15) is 16.8 Å². The minimum Gasteiger partial charge on any atom is -0.593 e. The van der Waals surface area contributed by atoms with E-state index in [1.807, 2.05) is 0 Å². The molecular weight excluding hydrogens is 344 g/mol. The summed E-state index contributed by atoms with van der Waals surface area (Å²) in [6.45, 7) is 0.895. The fraction of sp³-hybridized carbons (Fsp3) is 0.312. The number of carbonyl (C=O) groups excluding carboxylic acids is 1. The lowest BCUT2D eigenvalue weighted by Crippen LogP contribution is -2.49. The topological polar surface area (TPSA) is 107 Å². The van der Waals surface area contributed by atoms with Gasteiger partial charge in [0.05, 0.1) is 19.3 Å². The van der Waals surface area contributed by atoms with Crippen LogP contribution in [-0.4, -0.2) is 50.6 Å². The molecule has 2 aliphatic rings. The Hall–Kier alpha value is -2.36. The molecule has 0 saturated carbocycles. The fourth-order valence-corrected chi connectivity index (χ4v) is 4.33. The van der Waals surface area contributed by atoms with Gasteiger partial charge >= 0.3 is 0 Å². The molecule has 9 heteroatoms. The van der Waals surface area contributed by atoms with Crippen molar-refractivity contribution in [2.45, 2.75) is 16.9 Å². The molecule has 2 aliphatic heterocycles. The molecule has 2 aromatic rings. The van der Waals surface area contributed by atoms with Crippen LogP contribution in [0, 0.1) is 0 Å². The number of nitrogens with zero attached hydrogens (tertiary/aromatic N) is 3. The van der Waals surface area contributed by atoms with Crippen molar-refractivity contribution in [2.24, 2.45) is 0 Å². The first-order chi connectivity index (χ1) is 12.0. The summed E-state index contributed by atoms with van der Waals surface area (Å²) in [6, 6.07) is 4.85. The summed E-state index contributed by atoms with van der Waals surface area (Å²) >= 11 is 0. The Balaban J connectivity index is 1.60. The average Bonchev–Trinajstić information content (AvgIpc) is 3.00. The lowest BCUT2D eigenvalue weighted by molar-refractivity contribution is 0.0634. The zero-order chi connectivity index (χ0) is 17.5. The van der Waals surface area contributed by atoms with Gasteiger partial charge in [-0.3, -0.25) is 14.8 Å². The molecule has 25 heavy (non-hydrogen) atoms. The van der Waals surface area contributed by atoms with E-state index in [1.54, 1.807) is 29.4 Å². The van der Waals surface area contributed by atoms with E-state index < -0.39 is 16.0 Å². The molecular formula is C16H16N4O4S. The first-order valence-corrected chi connectivity index (χ1v) is 9.29. The summed E-state index contributed by atoms with van der Waals surface area (Å²) in [5.41, 5.74) is -0.242. The van der Waals surface area contributed by atoms with Gasteiger partial charge in [-0.25, -0.2) is 0 Å². The molecule has 8 nitrogen and oxygen atoms in total. The number of aromatic nitrogens is 2. The Labute approximate surface area is 145 Å². The third-order valence-corrected chi connectivity index (χ3v) is 5.89. The summed E-state index contributed by atoms with van der Waals surface area (Å²) in [5, 5.41) is 0. The van der Waals surface area contributed by atoms with Crippen LogP contribution in [0.15, 0.2) is 47.9 Å². The SMILES string of the molecule is O=C(c1ccncc1)N1CCC2(CN[S+](=O)([O-])c3cnccc3O2)C1. The highest BCUT2D eigenvalue weighted by Gasteiger charge is 2.47. The van der Waals surface area contributed by atoms with Crippen molar-refractivity contribution in [2.75, 3.05) is 19.6 Å². The van der Waals surface area contributed by atoms with Crippen molar-refractivity contribution in [3.8, 4) is 5.75 Å². The number of amides is 1. The molecule has 130 valence electrons. The van der Waals surface area contributed by atoms with E-state index >= 15 is 0 Å². The van der Waals surface area contributed by atoms with Crippen molar-refractivity contribution < 1.29 is 18.3 Å². The Morgan fingerprint density at radius 2 is 2.04 bits per heavy atom. The molecule has 2 atom stereocenters. The van der Waals surface area contributed by atoms with Gasteiger partial charge in [0, 0.05) is 43.2 Å². The summed E-state index contributed by atoms with van der Waals surface area (Å²) in [6.07, 6.45) is 6.43. The molecule has 1 amide bonds. The second-order valence-corrected chi connectivity index (χ2v) is 7.88. The Morgan fingerprint density at radius 3 is 2.84 bits per heavy atom. The third kappa shape index (κ3) is 2.90. The molecule has 0 aliphatic carbocycles. The number of likely N-dealkylation sites (tertiary alicyclic amines) is 1. The summed E-state index contributed by atoms with van der Waals surface area (Å²) < 4.78 is 33.3. The van der Waals surface area contributed by atoms with Gasteiger partial charge in [-0.05, 0) is 12.1 Å². The van der Waals surface area contributed by atoms with Gasteiger partial charge in [0.2, 0.25) is 4.90 Å². The van der Waals surface area contributed by atoms with Crippen molar-refractivity contribution in [3.05, 3.63) is 48.5 Å². The maximum atomic E-state index is 12.6. The monoisotopic (exact) mass is 360 g/mol. The molecule has 1 fully saturated rings. The first kappa shape index (κ1) is 16.1.